The molecule has 0 saturated heterocycles. The molecule has 1 aliphatic rings. The third-order valence-electron chi connectivity index (χ3n) is 2.17. The molecule has 0 unspecified atom stereocenters. The quantitative estimate of drug-likeness (QED) is 0.219. The number of nitrogens with zero attached hydrogens (tertiary/aromatic N) is 1. The number of hydrogen-bond donors (Lipinski definition) is 2. The zero-order valence-electron chi connectivity index (χ0n) is 9.44. The minimum Gasteiger partial charge on any atom is -0.354 e. The zero-order chi connectivity index (χ0) is 13.5. The van der Waals surface area contributed by atoms with Crippen molar-refractivity contribution in [1.29, 1.82) is 0 Å². The smallest absolute Gasteiger partial charge is 0.280 e. The van der Waals surface area contributed by atoms with Crippen LogP contribution in [0.5, 0.6) is 0 Å². The van der Waals surface area contributed by atoms with Crippen LogP contribution in [0.2, 0.25) is 0 Å². The molecule has 7 nitrogen and oxygen atoms in total. The third-order valence-corrected chi connectivity index (χ3v) is 2.56. The van der Waals surface area contributed by atoms with E-state index >= 15 is 0 Å². The molecule has 1 rings (SSSR count). The summed E-state index contributed by atoms with van der Waals surface area (Å²) in [6.07, 6.45) is 2.41. The summed E-state index contributed by atoms with van der Waals surface area (Å²) in [5, 5.41) is 5.08. The Morgan fingerprint density at radius 1 is 1.11 bits per heavy atom. The number of carbonyl (C=O) groups is 4. The average molecular weight is 365 g/mol. The zero-order valence-corrected chi connectivity index (χ0v) is 11.6. The van der Waals surface area contributed by atoms with E-state index in [2.05, 4.69) is 10.6 Å². The molecule has 0 aromatic carbocycles. The van der Waals surface area contributed by atoms with Crippen LogP contribution >= 0.6 is 22.6 Å². The van der Waals surface area contributed by atoms with E-state index in [1.807, 2.05) is 0 Å². The summed E-state index contributed by atoms with van der Waals surface area (Å²) in [5.74, 6) is -1.07. The first-order valence-corrected chi connectivity index (χ1v) is 6.32. The van der Waals surface area contributed by atoms with Crippen molar-refractivity contribution >= 4 is 44.2 Å². The Morgan fingerprint density at radius 3 is 2.22 bits per heavy atom. The summed E-state index contributed by atoms with van der Waals surface area (Å²) in [6.45, 7) is 0.722. The van der Waals surface area contributed by atoms with Crippen molar-refractivity contribution < 1.29 is 19.2 Å². The average Bonchev–Trinajstić information content (AvgIpc) is 2.62. The summed E-state index contributed by atoms with van der Waals surface area (Å²) in [6, 6.07) is 0. The van der Waals surface area contributed by atoms with E-state index in [-0.39, 0.29) is 22.8 Å². The van der Waals surface area contributed by atoms with Gasteiger partial charge in [0.1, 0.15) is 0 Å². The lowest BCUT2D eigenvalue weighted by Crippen LogP contribution is -2.37. The van der Waals surface area contributed by atoms with Crippen molar-refractivity contribution in [3.05, 3.63) is 12.2 Å². The van der Waals surface area contributed by atoms with Crippen molar-refractivity contribution in [2.24, 2.45) is 0 Å². The van der Waals surface area contributed by atoms with Gasteiger partial charge in [-0.05, 0) is 0 Å². The molecule has 2 N–H and O–H groups in total. The predicted molar refractivity (Wildman–Crippen MR) is 70.9 cm³/mol. The van der Waals surface area contributed by atoms with Gasteiger partial charge in [0.25, 0.3) is 15.7 Å². The van der Waals surface area contributed by atoms with E-state index in [0.29, 0.717) is 13.1 Å². The van der Waals surface area contributed by atoms with Crippen LogP contribution < -0.4 is 10.6 Å². The Hall–Kier alpha value is -1.45. The second-order valence-corrected chi connectivity index (χ2v) is 4.44. The first-order valence-electron chi connectivity index (χ1n) is 5.24. The van der Waals surface area contributed by atoms with Gasteiger partial charge >= 0.3 is 0 Å². The molecule has 0 fully saturated rings. The number of imide groups is 1. The molecule has 0 aromatic rings. The van der Waals surface area contributed by atoms with Crippen LogP contribution in [0.3, 0.4) is 0 Å². The van der Waals surface area contributed by atoms with Crippen molar-refractivity contribution in [2.75, 3.05) is 19.6 Å². The first-order chi connectivity index (χ1) is 8.50. The molecular weight excluding hydrogens is 353 g/mol. The second-order valence-electron chi connectivity index (χ2n) is 3.46. The van der Waals surface area contributed by atoms with Gasteiger partial charge in [-0.25, -0.2) is 0 Å². The van der Waals surface area contributed by atoms with Crippen molar-refractivity contribution in [2.45, 2.75) is 6.42 Å². The highest BCUT2D eigenvalue weighted by atomic mass is 127. The molecule has 0 spiro atoms. The maximum Gasteiger partial charge on any atom is 0.280 e. The fraction of sp³-hybridized carbons (Fsp3) is 0.400. The minimum absolute atomic E-state index is 0.0529. The highest BCUT2D eigenvalue weighted by molar-refractivity contribution is 14.1. The van der Waals surface area contributed by atoms with E-state index in [1.165, 1.54) is 12.2 Å². The number of halogens is 1. The maximum absolute atomic E-state index is 11.4. The first kappa shape index (κ1) is 14.6. The van der Waals surface area contributed by atoms with Gasteiger partial charge < -0.3 is 10.6 Å². The standard InChI is InChI=1S/C10H12IN3O4/c11-10(18)13-5-4-12-7(15)3-6-14-8(16)1-2-9(14)17/h1-2H,3-6H2,(H,12,15)(H,13,18). The van der Waals surface area contributed by atoms with E-state index in [4.69, 9.17) is 0 Å². The number of nitrogens with one attached hydrogen (secondary N) is 2. The number of rotatable bonds is 6. The summed E-state index contributed by atoms with van der Waals surface area (Å²) in [4.78, 5) is 45.2. The molecule has 18 heavy (non-hydrogen) atoms. The van der Waals surface area contributed by atoms with Gasteiger partial charge in [0.2, 0.25) is 5.91 Å². The highest BCUT2D eigenvalue weighted by Gasteiger charge is 2.23. The van der Waals surface area contributed by atoms with Crippen LogP contribution in [0, 0.1) is 0 Å². The Balaban J connectivity index is 2.16. The van der Waals surface area contributed by atoms with Gasteiger partial charge in [0, 0.05) is 60.8 Å². The lowest BCUT2D eigenvalue weighted by molar-refractivity contribution is -0.137. The van der Waals surface area contributed by atoms with Crippen LogP contribution in [0.4, 0.5) is 4.79 Å². The minimum atomic E-state index is -0.398. The molecule has 0 atom stereocenters. The normalized spacial score (nSPS) is 13.9. The van der Waals surface area contributed by atoms with Crippen LogP contribution in [0.1, 0.15) is 6.42 Å². The van der Waals surface area contributed by atoms with Gasteiger partial charge in [-0.3, -0.25) is 24.1 Å². The summed E-state index contributed by atoms with van der Waals surface area (Å²) < 4.78 is -0.193. The second kappa shape index (κ2) is 7.09. The molecular formula is C10H12IN3O4. The van der Waals surface area contributed by atoms with Gasteiger partial charge in [-0.2, -0.15) is 0 Å². The molecule has 0 aromatic heterocycles. The number of hydrogen-bond acceptors (Lipinski definition) is 4. The van der Waals surface area contributed by atoms with Gasteiger partial charge in [0.15, 0.2) is 0 Å². The Kier molecular flexibility index (Phi) is 5.75. The van der Waals surface area contributed by atoms with Crippen LogP contribution in [-0.2, 0) is 14.4 Å². The Morgan fingerprint density at radius 2 is 1.67 bits per heavy atom. The van der Waals surface area contributed by atoms with E-state index in [0.717, 1.165) is 4.90 Å². The molecule has 1 aliphatic heterocycles. The lowest BCUT2D eigenvalue weighted by Gasteiger charge is -2.13. The molecule has 8 heteroatoms. The van der Waals surface area contributed by atoms with Crippen molar-refractivity contribution in [3.8, 4) is 0 Å². The maximum atomic E-state index is 11.4. The van der Waals surface area contributed by atoms with Crippen molar-refractivity contribution in [3.63, 3.8) is 0 Å². The van der Waals surface area contributed by atoms with Gasteiger partial charge in [-0.1, -0.05) is 0 Å². The number of amides is 4. The van der Waals surface area contributed by atoms with Gasteiger partial charge in [-0.15, -0.1) is 0 Å². The van der Waals surface area contributed by atoms with Crippen LogP contribution in [0.25, 0.3) is 0 Å². The largest absolute Gasteiger partial charge is 0.354 e. The molecule has 0 aliphatic carbocycles. The van der Waals surface area contributed by atoms with E-state index in [1.54, 1.807) is 22.6 Å². The lowest BCUT2D eigenvalue weighted by atomic mass is 10.3. The monoisotopic (exact) mass is 365 g/mol. The molecule has 1 heterocycles. The van der Waals surface area contributed by atoms with E-state index in [9.17, 15) is 19.2 Å². The molecule has 0 saturated carbocycles. The summed E-state index contributed by atoms with van der Waals surface area (Å²) in [7, 11) is 0. The number of carbonyl (C=O) groups excluding carboxylic acids is 4. The third kappa shape index (κ3) is 4.82. The summed E-state index contributed by atoms with van der Waals surface area (Å²) in [5.41, 5.74) is 0. The summed E-state index contributed by atoms with van der Waals surface area (Å²) >= 11 is 1.59. The Bertz CT molecular complexity index is 390. The van der Waals surface area contributed by atoms with Crippen LogP contribution in [-0.4, -0.2) is 46.2 Å². The SMILES string of the molecule is O=C(I)NCCNC(=O)CCN1C(=O)C=CC1=O. The molecule has 4 amide bonds. The highest BCUT2D eigenvalue weighted by Crippen LogP contribution is 2.03. The topological polar surface area (TPSA) is 95.6 Å². The van der Waals surface area contributed by atoms with Crippen LogP contribution in [0.15, 0.2) is 12.2 Å². The molecule has 0 bridgehead atoms. The fourth-order valence-electron chi connectivity index (χ4n) is 1.32. The fourth-order valence-corrected chi connectivity index (χ4v) is 1.59. The predicted octanol–water partition coefficient (Wildman–Crippen LogP) is -0.438. The van der Waals surface area contributed by atoms with E-state index < -0.39 is 11.8 Å². The molecule has 98 valence electrons. The molecule has 0 radical (unpaired) electrons. The van der Waals surface area contributed by atoms with Crippen molar-refractivity contribution in [1.82, 2.24) is 15.5 Å². The Labute approximate surface area is 117 Å². The van der Waals surface area contributed by atoms with Gasteiger partial charge in [0.05, 0.1) is 0 Å².